The van der Waals surface area contributed by atoms with Gasteiger partial charge in [0.15, 0.2) is 5.96 Å². The van der Waals surface area contributed by atoms with Crippen LogP contribution in [-0.2, 0) is 0 Å². The highest BCUT2D eigenvalue weighted by Crippen LogP contribution is 2.08. The number of aliphatic imine (C=N–C) groups is 1. The molecule has 4 nitrogen and oxygen atoms in total. The number of rotatable bonds is 6. The maximum absolute atomic E-state index is 8.63. The van der Waals surface area contributed by atoms with Crippen molar-refractivity contribution in [3.8, 4) is 0 Å². The quantitative estimate of drug-likeness (QED) is 0.331. The van der Waals surface area contributed by atoms with Gasteiger partial charge in [0.25, 0.3) is 0 Å². The summed E-state index contributed by atoms with van der Waals surface area (Å²) in [7, 11) is 0. The van der Waals surface area contributed by atoms with Crippen LogP contribution in [0, 0.1) is 0 Å². The number of unbranched alkanes of at least 4 members (excludes halogenated alkanes) is 3. The summed E-state index contributed by atoms with van der Waals surface area (Å²) in [5.41, 5.74) is 5.93. The first-order valence-electron chi connectivity index (χ1n) is 6.50. The molecule has 1 rings (SSSR count). The van der Waals surface area contributed by atoms with Gasteiger partial charge in [-0.05, 0) is 32.1 Å². The van der Waals surface area contributed by atoms with Crippen LogP contribution in [0.3, 0.4) is 0 Å². The first kappa shape index (κ1) is 17.0. The lowest BCUT2D eigenvalue weighted by atomic mass is 10.1. The highest BCUT2D eigenvalue weighted by molar-refractivity contribution is 14.0. The zero-order valence-corrected chi connectivity index (χ0v) is 12.9. The molecule has 0 unspecified atom stereocenters. The van der Waals surface area contributed by atoms with E-state index in [1.807, 2.05) is 0 Å². The van der Waals surface area contributed by atoms with Crippen LogP contribution in [0.2, 0.25) is 0 Å². The number of nitrogens with two attached hydrogens (primary N) is 1. The second kappa shape index (κ2) is 11.1. The van der Waals surface area contributed by atoms with E-state index >= 15 is 0 Å². The minimum Gasteiger partial charge on any atom is -0.396 e. The van der Waals surface area contributed by atoms with Crippen molar-refractivity contribution in [3.05, 3.63) is 0 Å². The van der Waals surface area contributed by atoms with Crippen molar-refractivity contribution in [3.63, 3.8) is 0 Å². The lowest BCUT2D eigenvalue weighted by Gasteiger charge is -2.27. The second-order valence-electron chi connectivity index (χ2n) is 4.43. The van der Waals surface area contributed by atoms with Crippen LogP contribution < -0.4 is 5.73 Å². The molecule has 102 valence electrons. The number of piperidine rings is 1. The SMILES string of the molecule is I.NC(=NCCCCCCO)N1CCCCC1. The van der Waals surface area contributed by atoms with Crippen molar-refractivity contribution in [2.24, 2.45) is 10.7 Å². The molecule has 3 N–H and O–H groups in total. The van der Waals surface area contributed by atoms with Crippen LogP contribution >= 0.6 is 24.0 Å². The van der Waals surface area contributed by atoms with Crippen LogP contribution in [0.5, 0.6) is 0 Å². The van der Waals surface area contributed by atoms with Gasteiger partial charge in [-0.3, -0.25) is 4.99 Å². The zero-order valence-electron chi connectivity index (χ0n) is 10.6. The van der Waals surface area contributed by atoms with Gasteiger partial charge in [-0.2, -0.15) is 0 Å². The van der Waals surface area contributed by atoms with Gasteiger partial charge < -0.3 is 15.7 Å². The highest BCUT2D eigenvalue weighted by atomic mass is 127. The summed E-state index contributed by atoms with van der Waals surface area (Å²) in [5, 5.41) is 8.63. The molecule has 1 heterocycles. The molecule has 0 aromatic heterocycles. The lowest BCUT2D eigenvalue weighted by Crippen LogP contribution is -2.40. The van der Waals surface area contributed by atoms with Gasteiger partial charge in [0.2, 0.25) is 0 Å². The van der Waals surface area contributed by atoms with E-state index in [0.717, 1.165) is 51.3 Å². The highest BCUT2D eigenvalue weighted by Gasteiger charge is 2.11. The molecule has 17 heavy (non-hydrogen) atoms. The number of guanidine groups is 1. The van der Waals surface area contributed by atoms with Crippen LogP contribution in [0.4, 0.5) is 0 Å². The molecular formula is C12H26IN3O. The van der Waals surface area contributed by atoms with E-state index in [-0.39, 0.29) is 24.0 Å². The van der Waals surface area contributed by atoms with Gasteiger partial charge in [-0.25, -0.2) is 0 Å². The topological polar surface area (TPSA) is 61.9 Å². The van der Waals surface area contributed by atoms with E-state index in [1.54, 1.807) is 0 Å². The zero-order chi connectivity index (χ0) is 11.6. The molecule has 0 aromatic carbocycles. The number of hydrogen-bond acceptors (Lipinski definition) is 2. The number of likely N-dealkylation sites (tertiary alicyclic amines) is 1. The standard InChI is InChI=1S/C12H25N3O.HI/c13-12(15-9-5-3-6-10-15)14-8-4-1-2-7-11-16;/h16H,1-11H2,(H2,13,14);1H. The molecule has 0 aliphatic carbocycles. The second-order valence-corrected chi connectivity index (χ2v) is 4.43. The summed E-state index contributed by atoms with van der Waals surface area (Å²) in [4.78, 5) is 6.60. The van der Waals surface area contributed by atoms with Crippen molar-refractivity contribution in [2.45, 2.75) is 44.9 Å². The number of hydrogen-bond donors (Lipinski definition) is 2. The lowest BCUT2D eigenvalue weighted by molar-refractivity contribution is 0.282. The molecule has 0 bridgehead atoms. The van der Waals surface area contributed by atoms with Crippen molar-refractivity contribution in [1.29, 1.82) is 0 Å². The number of aliphatic hydroxyl groups excluding tert-OH is 1. The van der Waals surface area contributed by atoms with Crippen molar-refractivity contribution < 1.29 is 5.11 Å². The van der Waals surface area contributed by atoms with Crippen molar-refractivity contribution in [1.82, 2.24) is 4.90 Å². The van der Waals surface area contributed by atoms with Gasteiger partial charge in [0, 0.05) is 26.2 Å². The van der Waals surface area contributed by atoms with Crippen molar-refractivity contribution in [2.75, 3.05) is 26.2 Å². The smallest absolute Gasteiger partial charge is 0.191 e. The molecule has 1 aliphatic heterocycles. The molecular weight excluding hydrogens is 329 g/mol. The van der Waals surface area contributed by atoms with Crippen LogP contribution in [-0.4, -0.2) is 42.2 Å². The Labute approximate surface area is 122 Å². The summed E-state index contributed by atoms with van der Waals surface area (Å²) >= 11 is 0. The number of nitrogens with zero attached hydrogens (tertiary/aromatic N) is 2. The fourth-order valence-electron chi connectivity index (χ4n) is 1.99. The summed E-state index contributed by atoms with van der Waals surface area (Å²) in [5.74, 6) is 0.724. The Morgan fingerprint density at radius 1 is 1.06 bits per heavy atom. The van der Waals surface area contributed by atoms with Gasteiger partial charge in [0.05, 0.1) is 0 Å². The summed E-state index contributed by atoms with van der Waals surface area (Å²) < 4.78 is 0. The Morgan fingerprint density at radius 2 is 1.71 bits per heavy atom. The monoisotopic (exact) mass is 355 g/mol. The Kier molecular flexibility index (Phi) is 11.0. The average molecular weight is 355 g/mol. The summed E-state index contributed by atoms with van der Waals surface area (Å²) in [6, 6.07) is 0. The Morgan fingerprint density at radius 3 is 2.35 bits per heavy atom. The molecule has 1 aliphatic rings. The van der Waals surface area contributed by atoms with Crippen molar-refractivity contribution >= 4 is 29.9 Å². The molecule has 0 atom stereocenters. The fraction of sp³-hybridized carbons (Fsp3) is 0.917. The third kappa shape index (κ3) is 7.81. The molecule has 0 aromatic rings. The largest absolute Gasteiger partial charge is 0.396 e. The molecule has 1 fully saturated rings. The van der Waals surface area contributed by atoms with E-state index in [1.165, 1.54) is 19.3 Å². The molecule has 0 saturated carbocycles. The minimum atomic E-state index is 0. The van der Waals surface area contributed by atoms with Gasteiger partial charge in [-0.15, -0.1) is 24.0 Å². The fourth-order valence-corrected chi connectivity index (χ4v) is 1.99. The van der Waals surface area contributed by atoms with Gasteiger partial charge in [-0.1, -0.05) is 12.8 Å². The van der Waals surface area contributed by atoms with Gasteiger partial charge in [0.1, 0.15) is 0 Å². The minimum absolute atomic E-state index is 0. The van der Waals surface area contributed by atoms with E-state index in [0.29, 0.717) is 6.61 Å². The Hall–Kier alpha value is -0.0400. The summed E-state index contributed by atoms with van der Waals surface area (Å²) in [6.07, 6.45) is 8.03. The van der Waals surface area contributed by atoms with Crippen LogP contribution in [0.25, 0.3) is 0 Å². The van der Waals surface area contributed by atoms with E-state index in [9.17, 15) is 0 Å². The van der Waals surface area contributed by atoms with Crippen LogP contribution in [0.15, 0.2) is 4.99 Å². The van der Waals surface area contributed by atoms with Crippen LogP contribution in [0.1, 0.15) is 44.9 Å². The maximum atomic E-state index is 8.63. The third-order valence-electron chi connectivity index (χ3n) is 3.02. The number of aliphatic hydroxyl groups is 1. The Balaban J connectivity index is 0.00000256. The predicted molar refractivity (Wildman–Crippen MR) is 82.9 cm³/mol. The first-order chi connectivity index (χ1) is 7.84. The molecule has 0 amide bonds. The van der Waals surface area contributed by atoms with E-state index in [4.69, 9.17) is 10.8 Å². The average Bonchev–Trinajstić information content (AvgIpc) is 2.34. The maximum Gasteiger partial charge on any atom is 0.191 e. The van der Waals surface area contributed by atoms with Gasteiger partial charge >= 0.3 is 0 Å². The first-order valence-corrected chi connectivity index (χ1v) is 6.50. The summed E-state index contributed by atoms with van der Waals surface area (Å²) in [6.45, 7) is 3.27. The molecule has 5 heteroatoms. The van der Waals surface area contributed by atoms with E-state index in [2.05, 4.69) is 9.89 Å². The molecule has 1 saturated heterocycles. The Bertz CT molecular complexity index is 206. The van der Waals surface area contributed by atoms with E-state index < -0.39 is 0 Å². The molecule has 0 radical (unpaired) electrons. The molecule has 0 spiro atoms. The third-order valence-corrected chi connectivity index (χ3v) is 3.02. The number of halogens is 1. The normalized spacial score (nSPS) is 16.8. The predicted octanol–water partition coefficient (Wildman–Crippen LogP) is 1.96.